The number of H-pyrrole nitrogens is 1. The second-order valence-corrected chi connectivity index (χ2v) is 4.11. The Kier molecular flexibility index (Phi) is 2.52. The van der Waals surface area contributed by atoms with Crippen molar-refractivity contribution >= 4 is 11.0 Å². The zero-order valence-electron chi connectivity index (χ0n) is 9.78. The number of aromatic amines is 1. The molecular formula is C11H12N6O. The van der Waals surface area contributed by atoms with Gasteiger partial charge in [-0.2, -0.15) is 20.5 Å². The smallest absolute Gasteiger partial charge is 0.160 e. The first-order valence-electron chi connectivity index (χ1n) is 5.61. The highest BCUT2D eigenvalue weighted by Crippen LogP contribution is 2.23. The first kappa shape index (κ1) is 10.8. The number of rotatable bonds is 3. The van der Waals surface area contributed by atoms with Crippen LogP contribution in [0.1, 0.15) is 6.92 Å². The number of aliphatic hydroxyl groups is 1. The lowest BCUT2D eigenvalue weighted by molar-refractivity contribution is 0.169. The van der Waals surface area contributed by atoms with Gasteiger partial charge in [0.05, 0.1) is 12.6 Å². The van der Waals surface area contributed by atoms with Gasteiger partial charge in [-0.15, -0.1) is 0 Å². The molecule has 0 saturated heterocycles. The molecule has 1 unspecified atom stereocenters. The molecule has 0 saturated carbocycles. The van der Waals surface area contributed by atoms with Crippen molar-refractivity contribution in [2.75, 3.05) is 0 Å². The lowest BCUT2D eigenvalue weighted by Crippen LogP contribution is -2.14. The summed E-state index contributed by atoms with van der Waals surface area (Å²) >= 11 is 0. The van der Waals surface area contributed by atoms with Gasteiger partial charge in [0.2, 0.25) is 0 Å². The predicted octanol–water partition coefficient (Wildman–Crippen LogP) is 0.597. The Hall–Kier alpha value is -2.28. The van der Waals surface area contributed by atoms with E-state index in [2.05, 4.69) is 25.5 Å². The van der Waals surface area contributed by atoms with Crippen LogP contribution >= 0.6 is 0 Å². The first-order valence-corrected chi connectivity index (χ1v) is 5.61. The Bertz CT molecular complexity index is 671. The zero-order chi connectivity index (χ0) is 12.5. The fourth-order valence-electron chi connectivity index (χ4n) is 1.90. The standard InChI is InChI=1S/C11H12N6O/c1-7(18)5-17-11(12-6-13-17)8-3-2-4-9-10(8)15-16-14-9/h2-4,6-7,18H,5H2,1H3,(H,14,15,16). The van der Waals surface area contributed by atoms with Crippen LogP contribution in [-0.2, 0) is 6.54 Å². The monoisotopic (exact) mass is 244 g/mol. The number of nitrogens with one attached hydrogen (secondary N) is 1. The minimum atomic E-state index is -0.484. The highest BCUT2D eigenvalue weighted by atomic mass is 16.3. The van der Waals surface area contributed by atoms with Crippen LogP contribution in [0.2, 0.25) is 0 Å². The normalized spacial score (nSPS) is 13.0. The Labute approximate surface area is 102 Å². The molecule has 0 spiro atoms. The largest absolute Gasteiger partial charge is 0.391 e. The van der Waals surface area contributed by atoms with Crippen LogP contribution in [0.5, 0.6) is 0 Å². The fourth-order valence-corrected chi connectivity index (χ4v) is 1.90. The molecule has 0 aliphatic carbocycles. The fraction of sp³-hybridized carbons (Fsp3) is 0.273. The van der Waals surface area contributed by atoms with Gasteiger partial charge < -0.3 is 5.11 Å². The molecule has 0 bridgehead atoms. The van der Waals surface area contributed by atoms with Gasteiger partial charge in [0.1, 0.15) is 17.4 Å². The molecular weight excluding hydrogens is 232 g/mol. The average Bonchev–Trinajstić information content (AvgIpc) is 2.95. The predicted molar refractivity (Wildman–Crippen MR) is 64.6 cm³/mol. The quantitative estimate of drug-likeness (QED) is 0.703. The van der Waals surface area contributed by atoms with Gasteiger partial charge in [0, 0.05) is 5.56 Å². The topological polar surface area (TPSA) is 92.5 Å². The number of aliphatic hydroxyl groups excluding tert-OH is 1. The Morgan fingerprint density at radius 3 is 3.11 bits per heavy atom. The highest BCUT2D eigenvalue weighted by molar-refractivity contribution is 5.88. The van der Waals surface area contributed by atoms with Crippen LogP contribution < -0.4 is 0 Å². The van der Waals surface area contributed by atoms with Crippen molar-refractivity contribution < 1.29 is 5.11 Å². The molecule has 3 aromatic rings. The van der Waals surface area contributed by atoms with E-state index in [0.717, 1.165) is 16.6 Å². The third kappa shape index (κ3) is 1.74. The van der Waals surface area contributed by atoms with Gasteiger partial charge in [0.15, 0.2) is 5.82 Å². The van der Waals surface area contributed by atoms with E-state index in [4.69, 9.17) is 0 Å². The minimum absolute atomic E-state index is 0.392. The summed E-state index contributed by atoms with van der Waals surface area (Å²) in [6.45, 7) is 2.10. The maximum Gasteiger partial charge on any atom is 0.160 e. The van der Waals surface area contributed by atoms with Gasteiger partial charge in [-0.25, -0.2) is 9.67 Å². The SMILES string of the molecule is CC(O)Cn1ncnc1-c1cccc2n[nH]nc12. The molecule has 2 aromatic heterocycles. The third-order valence-corrected chi connectivity index (χ3v) is 2.64. The summed E-state index contributed by atoms with van der Waals surface area (Å²) in [7, 11) is 0. The summed E-state index contributed by atoms with van der Waals surface area (Å²) in [5.74, 6) is 0.676. The van der Waals surface area contributed by atoms with Crippen LogP contribution in [0.3, 0.4) is 0 Å². The van der Waals surface area contributed by atoms with E-state index in [9.17, 15) is 5.11 Å². The van der Waals surface area contributed by atoms with Gasteiger partial charge in [-0.3, -0.25) is 0 Å². The lowest BCUT2D eigenvalue weighted by atomic mass is 10.1. The number of hydrogen-bond acceptors (Lipinski definition) is 5. The van der Waals surface area contributed by atoms with E-state index in [1.165, 1.54) is 6.33 Å². The molecule has 1 aromatic carbocycles. The third-order valence-electron chi connectivity index (χ3n) is 2.64. The molecule has 7 heteroatoms. The minimum Gasteiger partial charge on any atom is -0.391 e. The van der Waals surface area contributed by atoms with Crippen molar-refractivity contribution in [3.63, 3.8) is 0 Å². The average molecular weight is 244 g/mol. The summed E-state index contributed by atoms with van der Waals surface area (Å²) in [4.78, 5) is 4.23. The molecule has 2 heterocycles. The van der Waals surface area contributed by atoms with Crippen molar-refractivity contribution in [2.24, 2.45) is 0 Å². The molecule has 7 nitrogen and oxygen atoms in total. The van der Waals surface area contributed by atoms with Gasteiger partial charge in [-0.1, -0.05) is 6.07 Å². The summed E-state index contributed by atoms with van der Waals surface area (Å²) in [6.07, 6.45) is 0.985. The molecule has 3 rings (SSSR count). The van der Waals surface area contributed by atoms with Gasteiger partial charge in [-0.05, 0) is 19.1 Å². The Morgan fingerprint density at radius 1 is 1.39 bits per heavy atom. The number of fused-ring (bicyclic) bond motifs is 1. The van der Waals surface area contributed by atoms with Crippen LogP contribution in [0.15, 0.2) is 24.5 Å². The van der Waals surface area contributed by atoms with Gasteiger partial charge in [0.25, 0.3) is 0 Å². The molecule has 92 valence electrons. The number of nitrogens with zero attached hydrogens (tertiary/aromatic N) is 5. The van der Waals surface area contributed by atoms with E-state index in [1.807, 2.05) is 18.2 Å². The van der Waals surface area contributed by atoms with Crippen molar-refractivity contribution in [1.29, 1.82) is 0 Å². The first-order chi connectivity index (χ1) is 8.75. The molecule has 0 fully saturated rings. The van der Waals surface area contributed by atoms with Crippen LogP contribution in [0.4, 0.5) is 0 Å². The molecule has 0 radical (unpaired) electrons. The van der Waals surface area contributed by atoms with Crippen LogP contribution in [-0.4, -0.2) is 41.4 Å². The number of hydrogen-bond donors (Lipinski definition) is 2. The maximum absolute atomic E-state index is 9.45. The summed E-state index contributed by atoms with van der Waals surface area (Å²) in [6, 6.07) is 5.67. The molecule has 0 aliphatic heterocycles. The molecule has 1 atom stereocenters. The van der Waals surface area contributed by atoms with Crippen LogP contribution in [0.25, 0.3) is 22.4 Å². The molecule has 2 N–H and O–H groups in total. The summed E-state index contributed by atoms with van der Waals surface area (Å²) < 4.78 is 1.66. The molecule has 0 amide bonds. The summed E-state index contributed by atoms with van der Waals surface area (Å²) in [5, 5.41) is 24.3. The molecule has 0 aliphatic rings. The lowest BCUT2D eigenvalue weighted by Gasteiger charge is -2.07. The van der Waals surface area contributed by atoms with E-state index in [-0.39, 0.29) is 0 Å². The second-order valence-electron chi connectivity index (χ2n) is 4.11. The Morgan fingerprint density at radius 2 is 2.28 bits per heavy atom. The van der Waals surface area contributed by atoms with Crippen molar-refractivity contribution in [2.45, 2.75) is 19.6 Å². The summed E-state index contributed by atoms with van der Waals surface area (Å²) in [5.41, 5.74) is 2.37. The van der Waals surface area contributed by atoms with Crippen LogP contribution in [0, 0.1) is 0 Å². The van der Waals surface area contributed by atoms with E-state index in [0.29, 0.717) is 12.4 Å². The van der Waals surface area contributed by atoms with E-state index < -0.39 is 6.10 Å². The number of para-hydroxylation sites is 1. The number of aromatic nitrogens is 6. The van der Waals surface area contributed by atoms with Gasteiger partial charge >= 0.3 is 0 Å². The van der Waals surface area contributed by atoms with E-state index >= 15 is 0 Å². The maximum atomic E-state index is 9.45. The second kappa shape index (κ2) is 4.19. The van der Waals surface area contributed by atoms with Crippen molar-refractivity contribution in [3.05, 3.63) is 24.5 Å². The van der Waals surface area contributed by atoms with Crippen molar-refractivity contribution in [1.82, 2.24) is 30.2 Å². The van der Waals surface area contributed by atoms with Crippen molar-refractivity contribution in [3.8, 4) is 11.4 Å². The highest BCUT2D eigenvalue weighted by Gasteiger charge is 2.13. The van der Waals surface area contributed by atoms with E-state index in [1.54, 1.807) is 11.6 Å². The number of benzene rings is 1. The Balaban J connectivity index is 2.14. The zero-order valence-corrected chi connectivity index (χ0v) is 9.78. The molecule has 18 heavy (non-hydrogen) atoms.